The summed E-state index contributed by atoms with van der Waals surface area (Å²) in [5.41, 5.74) is 1.09. The number of fused-ring (bicyclic) bond motifs is 1. The SMILES string of the molecule is CCc1ccc(-n2c(=O)[nH]c3nc(N4CCCCCC4)ncc3c2=O)cc1. The van der Waals surface area contributed by atoms with Crippen LogP contribution in [-0.4, -0.2) is 32.6 Å². The Bertz CT molecular complexity index is 1060. The molecule has 1 aromatic carbocycles. The fourth-order valence-corrected chi connectivity index (χ4v) is 3.53. The summed E-state index contributed by atoms with van der Waals surface area (Å²) in [4.78, 5) is 39.2. The average molecular weight is 365 g/mol. The molecule has 2 aromatic heterocycles. The molecule has 7 nitrogen and oxygen atoms in total. The van der Waals surface area contributed by atoms with Gasteiger partial charge in [0, 0.05) is 19.3 Å². The minimum atomic E-state index is -0.489. The molecule has 1 N–H and O–H groups in total. The van der Waals surface area contributed by atoms with Crippen molar-refractivity contribution in [2.45, 2.75) is 39.0 Å². The lowest BCUT2D eigenvalue weighted by Gasteiger charge is -2.20. The number of H-pyrrole nitrogens is 1. The molecule has 0 radical (unpaired) electrons. The van der Waals surface area contributed by atoms with Crippen LogP contribution in [0.3, 0.4) is 0 Å². The first-order valence-corrected chi connectivity index (χ1v) is 9.53. The number of rotatable bonds is 3. The van der Waals surface area contributed by atoms with Crippen LogP contribution in [0.2, 0.25) is 0 Å². The molecule has 140 valence electrons. The molecule has 0 atom stereocenters. The largest absolute Gasteiger partial charge is 0.341 e. The monoisotopic (exact) mass is 365 g/mol. The van der Waals surface area contributed by atoms with Gasteiger partial charge >= 0.3 is 5.69 Å². The zero-order valence-corrected chi connectivity index (χ0v) is 15.4. The number of aromatic amines is 1. The Morgan fingerprint density at radius 3 is 2.41 bits per heavy atom. The van der Waals surface area contributed by atoms with Gasteiger partial charge in [-0.3, -0.25) is 9.78 Å². The highest BCUT2D eigenvalue weighted by atomic mass is 16.2. The van der Waals surface area contributed by atoms with E-state index in [-0.39, 0.29) is 0 Å². The van der Waals surface area contributed by atoms with Crippen LogP contribution < -0.4 is 16.1 Å². The van der Waals surface area contributed by atoms with Crippen molar-refractivity contribution in [1.82, 2.24) is 19.5 Å². The van der Waals surface area contributed by atoms with Gasteiger partial charge < -0.3 is 4.90 Å². The molecule has 0 bridgehead atoms. The van der Waals surface area contributed by atoms with E-state index in [1.807, 2.05) is 12.1 Å². The number of aromatic nitrogens is 4. The topological polar surface area (TPSA) is 83.9 Å². The van der Waals surface area contributed by atoms with Crippen LogP contribution in [0.4, 0.5) is 5.95 Å². The molecule has 0 unspecified atom stereocenters. The summed E-state index contributed by atoms with van der Waals surface area (Å²) in [7, 11) is 0. The smallest absolute Gasteiger partial charge is 0.334 e. The lowest BCUT2D eigenvalue weighted by molar-refractivity contribution is 0.726. The third-order valence-electron chi connectivity index (χ3n) is 5.13. The Labute approximate surface area is 156 Å². The van der Waals surface area contributed by atoms with Gasteiger partial charge in [-0.05, 0) is 37.0 Å². The fraction of sp³-hybridized carbons (Fsp3) is 0.400. The summed E-state index contributed by atoms with van der Waals surface area (Å²) in [5.74, 6) is 0.574. The summed E-state index contributed by atoms with van der Waals surface area (Å²) < 4.78 is 1.14. The van der Waals surface area contributed by atoms with E-state index in [0.717, 1.165) is 42.5 Å². The normalized spacial score (nSPS) is 15.1. The molecule has 0 saturated carbocycles. The molecular weight excluding hydrogens is 342 g/mol. The Kier molecular flexibility index (Phi) is 4.75. The Balaban J connectivity index is 1.78. The first-order valence-electron chi connectivity index (χ1n) is 9.53. The molecule has 3 heterocycles. The maximum atomic E-state index is 12.9. The van der Waals surface area contributed by atoms with Crippen LogP contribution in [0.15, 0.2) is 40.1 Å². The predicted molar refractivity (Wildman–Crippen MR) is 106 cm³/mol. The zero-order chi connectivity index (χ0) is 18.8. The van der Waals surface area contributed by atoms with E-state index < -0.39 is 11.2 Å². The molecule has 3 aromatic rings. The number of nitrogens with one attached hydrogen (secondary N) is 1. The molecule has 7 heteroatoms. The van der Waals surface area contributed by atoms with Crippen LogP contribution in [0.1, 0.15) is 38.2 Å². The number of nitrogens with zero attached hydrogens (tertiary/aromatic N) is 4. The molecule has 0 aliphatic carbocycles. The highest BCUT2D eigenvalue weighted by molar-refractivity contribution is 5.73. The maximum absolute atomic E-state index is 12.9. The lowest BCUT2D eigenvalue weighted by atomic mass is 10.1. The van der Waals surface area contributed by atoms with E-state index in [9.17, 15) is 9.59 Å². The highest BCUT2D eigenvalue weighted by Crippen LogP contribution is 2.16. The zero-order valence-electron chi connectivity index (χ0n) is 15.4. The van der Waals surface area contributed by atoms with Crippen molar-refractivity contribution in [3.63, 3.8) is 0 Å². The molecule has 0 amide bonds. The summed E-state index contributed by atoms with van der Waals surface area (Å²) in [5, 5.41) is 0.313. The van der Waals surface area contributed by atoms with Gasteiger partial charge in [-0.25, -0.2) is 14.3 Å². The Morgan fingerprint density at radius 2 is 1.74 bits per heavy atom. The van der Waals surface area contributed by atoms with Crippen LogP contribution in [-0.2, 0) is 6.42 Å². The number of hydrogen-bond donors (Lipinski definition) is 1. The van der Waals surface area contributed by atoms with Gasteiger partial charge in [0.1, 0.15) is 5.39 Å². The number of benzene rings is 1. The van der Waals surface area contributed by atoms with Crippen molar-refractivity contribution >= 4 is 17.0 Å². The summed E-state index contributed by atoms with van der Waals surface area (Å²) in [6.07, 6.45) is 7.06. The fourth-order valence-electron chi connectivity index (χ4n) is 3.53. The Morgan fingerprint density at radius 1 is 1.04 bits per heavy atom. The van der Waals surface area contributed by atoms with Gasteiger partial charge in [0.05, 0.1) is 5.69 Å². The highest BCUT2D eigenvalue weighted by Gasteiger charge is 2.16. The van der Waals surface area contributed by atoms with Crippen molar-refractivity contribution < 1.29 is 0 Å². The molecule has 1 fully saturated rings. The average Bonchev–Trinajstić information content (AvgIpc) is 2.97. The summed E-state index contributed by atoms with van der Waals surface area (Å²) in [6, 6.07) is 7.41. The van der Waals surface area contributed by atoms with E-state index in [1.165, 1.54) is 19.0 Å². The van der Waals surface area contributed by atoms with Crippen molar-refractivity contribution in [2.24, 2.45) is 0 Å². The second-order valence-corrected chi connectivity index (χ2v) is 6.92. The molecule has 0 spiro atoms. The minimum Gasteiger partial charge on any atom is -0.341 e. The van der Waals surface area contributed by atoms with Gasteiger partial charge in [-0.1, -0.05) is 31.9 Å². The minimum absolute atomic E-state index is 0.292. The van der Waals surface area contributed by atoms with E-state index in [0.29, 0.717) is 22.7 Å². The predicted octanol–water partition coefficient (Wildman–Crippen LogP) is 2.41. The van der Waals surface area contributed by atoms with E-state index in [4.69, 9.17) is 0 Å². The number of hydrogen-bond acceptors (Lipinski definition) is 5. The van der Waals surface area contributed by atoms with Crippen LogP contribution in [0.25, 0.3) is 16.7 Å². The number of aryl methyl sites for hydroxylation is 1. The second kappa shape index (κ2) is 7.34. The maximum Gasteiger partial charge on any atom is 0.334 e. The third kappa shape index (κ3) is 3.37. The molecule has 4 rings (SSSR count). The van der Waals surface area contributed by atoms with Crippen LogP contribution >= 0.6 is 0 Å². The second-order valence-electron chi connectivity index (χ2n) is 6.92. The molecule has 1 saturated heterocycles. The number of anilines is 1. The molecule has 1 aliphatic heterocycles. The van der Waals surface area contributed by atoms with Gasteiger partial charge in [-0.15, -0.1) is 0 Å². The van der Waals surface area contributed by atoms with Crippen LogP contribution in [0, 0.1) is 0 Å². The van der Waals surface area contributed by atoms with E-state index in [1.54, 1.807) is 12.1 Å². The van der Waals surface area contributed by atoms with E-state index in [2.05, 4.69) is 26.8 Å². The standard InChI is InChI=1S/C20H23N5O2/c1-2-14-7-9-15(10-8-14)25-18(26)16-13-21-19(22-17(16)23-20(25)27)24-11-5-3-4-6-12-24/h7-10,13H,2-6,11-12H2,1H3,(H,21,22,23,27). The third-order valence-corrected chi connectivity index (χ3v) is 5.13. The van der Waals surface area contributed by atoms with Crippen LogP contribution in [0.5, 0.6) is 0 Å². The Hall–Kier alpha value is -2.96. The van der Waals surface area contributed by atoms with Gasteiger partial charge in [0.15, 0.2) is 5.65 Å². The first-order chi connectivity index (χ1) is 13.2. The van der Waals surface area contributed by atoms with Crippen molar-refractivity contribution in [2.75, 3.05) is 18.0 Å². The summed E-state index contributed by atoms with van der Waals surface area (Å²) >= 11 is 0. The van der Waals surface area contributed by atoms with Gasteiger partial charge in [0.2, 0.25) is 5.95 Å². The first kappa shape index (κ1) is 17.5. The lowest BCUT2D eigenvalue weighted by Crippen LogP contribution is -2.34. The quantitative estimate of drug-likeness (QED) is 0.771. The van der Waals surface area contributed by atoms with Crippen molar-refractivity contribution in [3.05, 3.63) is 56.9 Å². The van der Waals surface area contributed by atoms with Crippen molar-refractivity contribution in [1.29, 1.82) is 0 Å². The van der Waals surface area contributed by atoms with E-state index >= 15 is 0 Å². The summed E-state index contributed by atoms with van der Waals surface area (Å²) in [6.45, 7) is 3.86. The molecule has 27 heavy (non-hydrogen) atoms. The van der Waals surface area contributed by atoms with Gasteiger partial charge in [0.25, 0.3) is 5.56 Å². The van der Waals surface area contributed by atoms with Gasteiger partial charge in [-0.2, -0.15) is 4.98 Å². The molecule has 1 aliphatic rings. The van der Waals surface area contributed by atoms with Crippen molar-refractivity contribution in [3.8, 4) is 5.69 Å². The molecular formula is C20H23N5O2.